The first-order chi connectivity index (χ1) is 16.0. The summed E-state index contributed by atoms with van der Waals surface area (Å²) in [7, 11) is 1.65. The first-order valence-electron chi connectivity index (χ1n) is 10.8. The fourth-order valence-corrected chi connectivity index (χ4v) is 4.76. The zero-order valence-electron chi connectivity index (χ0n) is 18.9. The maximum Gasteiger partial charge on any atom is 0.237 e. The van der Waals surface area contributed by atoms with Crippen molar-refractivity contribution < 1.29 is 14.3 Å². The molecule has 0 saturated carbocycles. The van der Waals surface area contributed by atoms with Crippen molar-refractivity contribution in [3.05, 3.63) is 54.1 Å². The summed E-state index contributed by atoms with van der Waals surface area (Å²) in [6.07, 6.45) is 0.243. The van der Waals surface area contributed by atoms with Gasteiger partial charge in [0.1, 0.15) is 0 Å². The predicted octanol–water partition coefficient (Wildman–Crippen LogP) is 3.76. The van der Waals surface area contributed by atoms with Crippen LogP contribution in [-0.2, 0) is 20.9 Å². The number of hydrogen-bond donors (Lipinski definition) is 1. The highest BCUT2D eigenvalue weighted by atomic mass is 32.2. The van der Waals surface area contributed by atoms with Gasteiger partial charge in [-0.2, -0.15) is 0 Å². The molecule has 0 saturated heterocycles. The molecule has 1 aliphatic rings. The second-order valence-corrected chi connectivity index (χ2v) is 8.93. The molecule has 4 rings (SSSR count). The summed E-state index contributed by atoms with van der Waals surface area (Å²) in [6.45, 7) is 5.00. The van der Waals surface area contributed by atoms with Gasteiger partial charge in [-0.1, -0.05) is 47.7 Å². The van der Waals surface area contributed by atoms with Crippen LogP contribution in [0.2, 0.25) is 0 Å². The van der Waals surface area contributed by atoms with E-state index in [4.69, 9.17) is 4.74 Å². The Morgan fingerprint density at radius 1 is 1.21 bits per heavy atom. The third-order valence-electron chi connectivity index (χ3n) is 5.46. The summed E-state index contributed by atoms with van der Waals surface area (Å²) < 4.78 is 7.27. The summed E-state index contributed by atoms with van der Waals surface area (Å²) in [6, 6.07) is 15.2. The summed E-state index contributed by atoms with van der Waals surface area (Å²) in [5.41, 5.74) is 3.46. The Labute approximate surface area is 197 Å². The number of fused-ring (bicyclic) bond motifs is 1. The molecule has 172 valence electrons. The van der Waals surface area contributed by atoms with Gasteiger partial charge in [0.25, 0.3) is 0 Å². The summed E-state index contributed by atoms with van der Waals surface area (Å²) in [5.74, 6) is 0.732. The van der Waals surface area contributed by atoms with E-state index in [1.807, 2.05) is 60.9 Å². The molecule has 1 aromatic heterocycles. The molecule has 1 atom stereocenters. The predicted molar refractivity (Wildman–Crippen MR) is 129 cm³/mol. The van der Waals surface area contributed by atoms with Gasteiger partial charge < -0.3 is 15.0 Å². The topological polar surface area (TPSA) is 89.4 Å². The van der Waals surface area contributed by atoms with E-state index in [1.54, 1.807) is 12.0 Å². The Bertz CT molecular complexity index is 1160. The molecule has 0 bridgehead atoms. The SMILES string of the molecule is COCCn1c(SCC(=O)N2c3ccccc3NC(=O)C[C@@H]2C)nnc1-c1cccc(C)c1. The smallest absolute Gasteiger partial charge is 0.237 e. The lowest BCUT2D eigenvalue weighted by Crippen LogP contribution is -2.40. The lowest BCUT2D eigenvalue weighted by molar-refractivity contribution is -0.117. The zero-order valence-corrected chi connectivity index (χ0v) is 19.8. The number of aryl methyl sites for hydroxylation is 1. The van der Waals surface area contributed by atoms with Crippen LogP contribution in [0, 0.1) is 6.92 Å². The van der Waals surface area contributed by atoms with Crippen LogP contribution in [0.1, 0.15) is 18.9 Å². The molecule has 0 unspecified atom stereocenters. The van der Waals surface area contributed by atoms with Crippen LogP contribution < -0.4 is 10.2 Å². The number of para-hydroxylation sites is 2. The average Bonchev–Trinajstić information content (AvgIpc) is 3.14. The summed E-state index contributed by atoms with van der Waals surface area (Å²) in [4.78, 5) is 27.3. The highest BCUT2D eigenvalue weighted by Gasteiger charge is 2.30. The number of carbonyl (C=O) groups excluding carboxylic acids is 2. The average molecular weight is 466 g/mol. The number of rotatable bonds is 7. The Morgan fingerprint density at radius 3 is 2.82 bits per heavy atom. The van der Waals surface area contributed by atoms with Gasteiger partial charge in [-0.05, 0) is 32.0 Å². The first-order valence-corrected chi connectivity index (χ1v) is 11.8. The van der Waals surface area contributed by atoms with Crippen molar-refractivity contribution in [1.82, 2.24) is 14.8 Å². The quantitative estimate of drug-likeness (QED) is 0.535. The number of amides is 2. The lowest BCUT2D eigenvalue weighted by atomic mass is 10.1. The molecule has 3 aromatic rings. The van der Waals surface area contributed by atoms with Crippen molar-refractivity contribution in [3.8, 4) is 11.4 Å². The summed E-state index contributed by atoms with van der Waals surface area (Å²) in [5, 5.41) is 12.3. The fourth-order valence-electron chi connectivity index (χ4n) is 3.94. The van der Waals surface area contributed by atoms with Crippen LogP contribution in [0.25, 0.3) is 11.4 Å². The number of benzene rings is 2. The van der Waals surface area contributed by atoms with E-state index in [-0.39, 0.29) is 30.0 Å². The van der Waals surface area contributed by atoms with Crippen molar-refractivity contribution in [2.24, 2.45) is 0 Å². The molecule has 0 radical (unpaired) electrons. The molecule has 2 amide bonds. The van der Waals surface area contributed by atoms with Crippen LogP contribution in [-0.4, -0.2) is 52.1 Å². The standard InChI is InChI=1S/C24H27N5O3S/c1-16-7-6-8-18(13-16)23-26-27-24(28(23)11-12-32-3)33-15-22(31)29-17(2)14-21(30)25-19-9-4-5-10-20(19)29/h4-10,13,17H,11-12,14-15H2,1-3H3,(H,25,30)/t17-/m0/s1. The van der Waals surface area contributed by atoms with Gasteiger partial charge in [0.05, 0.1) is 30.3 Å². The highest BCUT2D eigenvalue weighted by molar-refractivity contribution is 7.99. The van der Waals surface area contributed by atoms with Crippen LogP contribution in [0.15, 0.2) is 53.7 Å². The van der Waals surface area contributed by atoms with E-state index in [0.717, 1.165) is 17.0 Å². The van der Waals surface area contributed by atoms with Gasteiger partial charge in [-0.25, -0.2) is 0 Å². The van der Waals surface area contributed by atoms with Crippen molar-refractivity contribution in [2.75, 3.05) is 29.7 Å². The van der Waals surface area contributed by atoms with Crippen LogP contribution in [0.5, 0.6) is 0 Å². The molecule has 8 nitrogen and oxygen atoms in total. The van der Waals surface area contributed by atoms with Gasteiger partial charge in [0.2, 0.25) is 11.8 Å². The molecule has 0 spiro atoms. The van der Waals surface area contributed by atoms with Gasteiger partial charge in [0.15, 0.2) is 11.0 Å². The van der Waals surface area contributed by atoms with Gasteiger partial charge in [-0.15, -0.1) is 10.2 Å². The minimum atomic E-state index is -0.254. The number of nitrogens with one attached hydrogen (secondary N) is 1. The molecule has 2 aromatic carbocycles. The van der Waals surface area contributed by atoms with Crippen LogP contribution >= 0.6 is 11.8 Å². The Balaban J connectivity index is 1.57. The van der Waals surface area contributed by atoms with Gasteiger partial charge >= 0.3 is 0 Å². The van der Waals surface area contributed by atoms with Crippen LogP contribution in [0.4, 0.5) is 11.4 Å². The van der Waals surface area contributed by atoms with Crippen molar-refractivity contribution in [1.29, 1.82) is 0 Å². The minimum Gasteiger partial charge on any atom is -0.383 e. The second kappa shape index (κ2) is 10.2. The Morgan fingerprint density at radius 2 is 2.03 bits per heavy atom. The Hall–Kier alpha value is -3.17. The molecule has 0 aliphatic carbocycles. The van der Waals surface area contributed by atoms with E-state index >= 15 is 0 Å². The van der Waals surface area contributed by atoms with Crippen molar-refractivity contribution >= 4 is 35.0 Å². The number of carbonyl (C=O) groups is 2. The number of anilines is 2. The largest absolute Gasteiger partial charge is 0.383 e. The fraction of sp³-hybridized carbons (Fsp3) is 0.333. The minimum absolute atomic E-state index is 0.0881. The molecule has 33 heavy (non-hydrogen) atoms. The van der Waals surface area contributed by atoms with Crippen LogP contribution in [0.3, 0.4) is 0 Å². The third kappa shape index (κ3) is 5.09. The number of thioether (sulfide) groups is 1. The van der Waals surface area contributed by atoms with E-state index < -0.39 is 0 Å². The van der Waals surface area contributed by atoms with E-state index in [1.165, 1.54) is 11.8 Å². The normalized spacial score (nSPS) is 15.7. The van der Waals surface area contributed by atoms with Gasteiger partial charge in [-0.3, -0.25) is 14.2 Å². The molecular formula is C24H27N5O3S. The maximum atomic E-state index is 13.3. The second-order valence-electron chi connectivity index (χ2n) is 7.99. The van der Waals surface area contributed by atoms with E-state index in [2.05, 4.69) is 21.6 Å². The molecule has 9 heteroatoms. The third-order valence-corrected chi connectivity index (χ3v) is 6.42. The molecule has 1 N–H and O–H groups in total. The van der Waals surface area contributed by atoms with E-state index in [0.29, 0.717) is 29.7 Å². The van der Waals surface area contributed by atoms with Crippen molar-refractivity contribution in [3.63, 3.8) is 0 Å². The number of hydrogen-bond acceptors (Lipinski definition) is 6. The number of methoxy groups -OCH3 is 1. The summed E-state index contributed by atoms with van der Waals surface area (Å²) >= 11 is 1.34. The van der Waals surface area contributed by atoms with E-state index in [9.17, 15) is 9.59 Å². The lowest BCUT2D eigenvalue weighted by Gasteiger charge is -2.27. The number of ether oxygens (including phenoxy) is 1. The highest BCUT2D eigenvalue weighted by Crippen LogP contribution is 2.32. The number of nitrogens with zero attached hydrogens (tertiary/aromatic N) is 4. The molecule has 2 heterocycles. The Kier molecular flexibility index (Phi) is 7.10. The first kappa shape index (κ1) is 23.0. The molecule has 0 fully saturated rings. The molecule has 1 aliphatic heterocycles. The zero-order chi connectivity index (χ0) is 23.4. The number of aromatic nitrogens is 3. The molecular weight excluding hydrogens is 438 g/mol. The van der Waals surface area contributed by atoms with Gasteiger partial charge in [0, 0.05) is 25.1 Å². The maximum absolute atomic E-state index is 13.3. The van der Waals surface area contributed by atoms with Crippen molar-refractivity contribution in [2.45, 2.75) is 38.0 Å². The monoisotopic (exact) mass is 465 g/mol.